The summed E-state index contributed by atoms with van der Waals surface area (Å²) in [6, 6.07) is 3.77. The van der Waals surface area contributed by atoms with Crippen molar-refractivity contribution < 1.29 is 9.53 Å². The number of aromatic nitrogens is 1. The Morgan fingerprint density at radius 3 is 2.90 bits per heavy atom. The van der Waals surface area contributed by atoms with E-state index in [1.165, 1.54) is 0 Å². The molecule has 110 valence electrons. The van der Waals surface area contributed by atoms with E-state index in [1.807, 2.05) is 11.9 Å². The molecular formula is C14H22N4O2. The second kappa shape index (κ2) is 6.67. The summed E-state index contributed by atoms with van der Waals surface area (Å²) < 4.78 is 5.36. The van der Waals surface area contributed by atoms with Crippen LogP contribution in [0.25, 0.3) is 0 Å². The molecule has 0 bridgehead atoms. The summed E-state index contributed by atoms with van der Waals surface area (Å²) in [5, 5.41) is 0. The van der Waals surface area contributed by atoms with Crippen molar-refractivity contribution in [2.75, 3.05) is 44.8 Å². The molecule has 20 heavy (non-hydrogen) atoms. The third-order valence-electron chi connectivity index (χ3n) is 3.63. The van der Waals surface area contributed by atoms with E-state index in [0.717, 1.165) is 38.7 Å². The topological polar surface area (TPSA) is 71.7 Å². The Morgan fingerprint density at radius 2 is 2.25 bits per heavy atom. The predicted molar refractivity (Wildman–Crippen MR) is 77.9 cm³/mol. The number of pyridine rings is 1. The van der Waals surface area contributed by atoms with E-state index in [-0.39, 0.29) is 0 Å². The van der Waals surface area contributed by atoms with Crippen LogP contribution in [0.2, 0.25) is 0 Å². The first-order valence-electron chi connectivity index (χ1n) is 6.86. The van der Waals surface area contributed by atoms with Gasteiger partial charge in [-0.3, -0.25) is 9.69 Å². The minimum Gasteiger partial charge on any atom is -0.379 e. The maximum absolute atomic E-state index is 11.2. The number of nitrogens with zero attached hydrogens (tertiary/aromatic N) is 3. The zero-order chi connectivity index (χ0) is 14.5. The van der Waals surface area contributed by atoms with Crippen molar-refractivity contribution in [3.63, 3.8) is 0 Å². The molecule has 2 N–H and O–H groups in total. The van der Waals surface area contributed by atoms with Gasteiger partial charge in [0.05, 0.1) is 13.2 Å². The van der Waals surface area contributed by atoms with Crippen molar-refractivity contribution in [2.24, 2.45) is 5.73 Å². The molecule has 0 aromatic carbocycles. The van der Waals surface area contributed by atoms with E-state index in [1.54, 1.807) is 18.3 Å². The number of carbonyl (C=O) groups is 1. The lowest BCUT2D eigenvalue weighted by molar-refractivity contribution is 0.0218. The van der Waals surface area contributed by atoms with Gasteiger partial charge in [-0.05, 0) is 19.1 Å². The first-order chi connectivity index (χ1) is 9.58. The molecule has 2 heterocycles. The number of nitrogens with two attached hydrogens (primary N) is 1. The Balaban J connectivity index is 1.98. The number of morpholine rings is 1. The smallest absolute Gasteiger partial charge is 0.248 e. The predicted octanol–water partition coefficient (Wildman–Crippen LogP) is 0.337. The van der Waals surface area contributed by atoms with Crippen LogP contribution in [0, 0.1) is 0 Å². The van der Waals surface area contributed by atoms with Crippen molar-refractivity contribution in [3.8, 4) is 0 Å². The largest absolute Gasteiger partial charge is 0.379 e. The molecule has 1 aromatic heterocycles. The molecule has 0 unspecified atom stereocenters. The highest BCUT2D eigenvalue weighted by Crippen LogP contribution is 2.13. The van der Waals surface area contributed by atoms with Crippen LogP contribution in [0.3, 0.4) is 0 Å². The molecule has 1 atom stereocenters. The quantitative estimate of drug-likeness (QED) is 0.841. The minimum atomic E-state index is -0.428. The summed E-state index contributed by atoms with van der Waals surface area (Å²) in [6.07, 6.45) is 1.62. The van der Waals surface area contributed by atoms with Crippen molar-refractivity contribution in [2.45, 2.75) is 13.0 Å². The molecule has 1 saturated heterocycles. The summed E-state index contributed by atoms with van der Waals surface area (Å²) >= 11 is 0. The Bertz CT molecular complexity index is 460. The lowest BCUT2D eigenvalue weighted by Crippen LogP contribution is -2.46. The van der Waals surface area contributed by atoms with Gasteiger partial charge in [-0.25, -0.2) is 4.98 Å². The van der Waals surface area contributed by atoms with Crippen molar-refractivity contribution in [3.05, 3.63) is 23.9 Å². The maximum Gasteiger partial charge on any atom is 0.248 e. The van der Waals surface area contributed by atoms with E-state index >= 15 is 0 Å². The third-order valence-corrected chi connectivity index (χ3v) is 3.63. The molecule has 0 saturated carbocycles. The van der Waals surface area contributed by atoms with Crippen LogP contribution in [0.15, 0.2) is 18.3 Å². The molecule has 1 aromatic rings. The Kier molecular flexibility index (Phi) is 4.92. The lowest BCUT2D eigenvalue weighted by atomic mass is 10.2. The summed E-state index contributed by atoms with van der Waals surface area (Å²) in [7, 11) is 1.98. The Morgan fingerprint density at radius 1 is 1.55 bits per heavy atom. The van der Waals surface area contributed by atoms with Crippen molar-refractivity contribution >= 4 is 11.7 Å². The van der Waals surface area contributed by atoms with Crippen LogP contribution in [-0.2, 0) is 4.74 Å². The van der Waals surface area contributed by atoms with Crippen molar-refractivity contribution in [1.82, 2.24) is 9.88 Å². The third kappa shape index (κ3) is 3.68. The van der Waals surface area contributed by atoms with E-state index in [9.17, 15) is 4.79 Å². The fourth-order valence-electron chi connectivity index (χ4n) is 2.40. The van der Waals surface area contributed by atoms with E-state index in [2.05, 4.69) is 16.8 Å². The zero-order valence-corrected chi connectivity index (χ0v) is 12.1. The van der Waals surface area contributed by atoms with E-state index in [4.69, 9.17) is 10.5 Å². The molecule has 1 fully saturated rings. The van der Waals surface area contributed by atoms with Crippen LogP contribution < -0.4 is 10.6 Å². The van der Waals surface area contributed by atoms with Crippen LogP contribution >= 0.6 is 0 Å². The molecule has 0 radical (unpaired) electrons. The van der Waals surface area contributed by atoms with Gasteiger partial charge in [0, 0.05) is 44.5 Å². The van der Waals surface area contributed by atoms with Gasteiger partial charge in [0.1, 0.15) is 5.82 Å². The molecule has 6 heteroatoms. The molecule has 6 nitrogen and oxygen atoms in total. The fourth-order valence-corrected chi connectivity index (χ4v) is 2.40. The number of likely N-dealkylation sites (N-methyl/N-ethyl adjacent to an activating group) is 1. The van der Waals surface area contributed by atoms with Gasteiger partial charge in [0.15, 0.2) is 0 Å². The van der Waals surface area contributed by atoms with Gasteiger partial charge in [-0.15, -0.1) is 0 Å². The van der Waals surface area contributed by atoms with E-state index in [0.29, 0.717) is 11.6 Å². The Hall–Kier alpha value is -1.66. The molecule has 1 amide bonds. The number of anilines is 1. The zero-order valence-electron chi connectivity index (χ0n) is 12.1. The summed E-state index contributed by atoms with van der Waals surface area (Å²) in [4.78, 5) is 19.9. The highest BCUT2D eigenvalue weighted by Gasteiger charge is 2.19. The second-order valence-corrected chi connectivity index (χ2v) is 5.14. The van der Waals surface area contributed by atoms with Crippen molar-refractivity contribution in [1.29, 1.82) is 0 Å². The van der Waals surface area contributed by atoms with Crippen LogP contribution in [-0.4, -0.2) is 61.7 Å². The monoisotopic (exact) mass is 278 g/mol. The SMILES string of the molecule is C[C@@H](CN(C)c1cc(C(N)=O)ccn1)N1CCOCC1. The van der Waals surface area contributed by atoms with Gasteiger partial charge in [-0.2, -0.15) is 0 Å². The second-order valence-electron chi connectivity index (χ2n) is 5.14. The highest BCUT2D eigenvalue weighted by molar-refractivity contribution is 5.93. The fraction of sp³-hybridized carbons (Fsp3) is 0.571. The number of rotatable bonds is 5. The molecule has 1 aliphatic heterocycles. The van der Waals surface area contributed by atoms with Crippen LogP contribution in [0.4, 0.5) is 5.82 Å². The number of hydrogen-bond acceptors (Lipinski definition) is 5. The number of amides is 1. The van der Waals surface area contributed by atoms with Gasteiger partial charge < -0.3 is 15.4 Å². The standard InChI is InChI=1S/C14H22N4O2/c1-11(18-5-7-20-8-6-18)10-17(2)13-9-12(14(15)19)3-4-16-13/h3-4,9,11H,5-8,10H2,1-2H3,(H2,15,19)/t11-/m0/s1. The molecular weight excluding hydrogens is 256 g/mol. The van der Waals surface area contributed by atoms with Crippen LogP contribution in [0.1, 0.15) is 17.3 Å². The van der Waals surface area contributed by atoms with Gasteiger partial charge in [0.2, 0.25) is 5.91 Å². The molecule has 0 aliphatic carbocycles. The molecule has 0 spiro atoms. The van der Waals surface area contributed by atoms with E-state index < -0.39 is 5.91 Å². The van der Waals surface area contributed by atoms with Gasteiger partial charge in [0.25, 0.3) is 0 Å². The number of hydrogen-bond donors (Lipinski definition) is 1. The maximum atomic E-state index is 11.2. The summed E-state index contributed by atoms with van der Waals surface area (Å²) in [6.45, 7) is 6.55. The van der Waals surface area contributed by atoms with Gasteiger partial charge in [-0.1, -0.05) is 0 Å². The first-order valence-corrected chi connectivity index (χ1v) is 6.86. The number of ether oxygens (including phenoxy) is 1. The number of carbonyl (C=O) groups excluding carboxylic acids is 1. The Labute approximate surface area is 119 Å². The normalized spacial score (nSPS) is 17.7. The first kappa shape index (κ1) is 14.7. The minimum absolute atomic E-state index is 0.405. The summed E-state index contributed by atoms with van der Waals surface area (Å²) in [5.74, 6) is 0.338. The average Bonchev–Trinajstić information content (AvgIpc) is 2.48. The highest BCUT2D eigenvalue weighted by atomic mass is 16.5. The average molecular weight is 278 g/mol. The van der Waals surface area contributed by atoms with Crippen LogP contribution in [0.5, 0.6) is 0 Å². The summed E-state index contributed by atoms with van der Waals surface area (Å²) in [5.41, 5.74) is 5.78. The molecule has 1 aliphatic rings. The number of primary amides is 1. The molecule has 2 rings (SSSR count). The van der Waals surface area contributed by atoms with Gasteiger partial charge >= 0.3 is 0 Å². The lowest BCUT2D eigenvalue weighted by Gasteiger charge is -2.34.